The van der Waals surface area contributed by atoms with Crippen LogP contribution in [0.25, 0.3) is 11.1 Å². The molecule has 21 heavy (non-hydrogen) atoms. The molecule has 0 saturated heterocycles. The van der Waals surface area contributed by atoms with Crippen LogP contribution in [0.4, 0.5) is 8.78 Å². The van der Waals surface area contributed by atoms with Gasteiger partial charge in [-0.1, -0.05) is 6.07 Å². The van der Waals surface area contributed by atoms with Crippen LogP contribution in [0.5, 0.6) is 5.75 Å². The Morgan fingerprint density at radius 2 is 1.62 bits per heavy atom. The highest BCUT2D eigenvalue weighted by atomic mass is 19.1. The second-order valence-corrected chi connectivity index (χ2v) is 4.75. The molecule has 3 nitrogen and oxygen atoms in total. The summed E-state index contributed by atoms with van der Waals surface area (Å²) >= 11 is 0. The van der Waals surface area contributed by atoms with Crippen molar-refractivity contribution in [2.45, 2.75) is 13.8 Å². The number of carboxylic acids is 1. The second kappa shape index (κ2) is 5.52. The maximum atomic E-state index is 14.1. The summed E-state index contributed by atoms with van der Waals surface area (Å²) in [5, 5.41) is 9.14. The molecule has 0 aromatic heterocycles. The third-order valence-electron chi connectivity index (χ3n) is 3.32. The fraction of sp³-hybridized carbons (Fsp3) is 0.188. The van der Waals surface area contributed by atoms with E-state index in [1.54, 1.807) is 19.9 Å². The average molecular weight is 292 g/mol. The molecule has 1 N–H and O–H groups in total. The van der Waals surface area contributed by atoms with E-state index in [1.807, 2.05) is 0 Å². The van der Waals surface area contributed by atoms with E-state index in [-0.39, 0.29) is 22.4 Å². The Morgan fingerprint density at radius 3 is 2.10 bits per heavy atom. The number of halogens is 2. The summed E-state index contributed by atoms with van der Waals surface area (Å²) in [5.41, 5.74) is 1.12. The molecule has 2 aromatic rings. The number of hydrogen-bond donors (Lipinski definition) is 1. The molecule has 2 rings (SSSR count). The highest BCUT2D eigenvalue weighted by Gasteiger charge is 2.18. The van der Waals surface area contributed by atoms with Crippen LogP contribution in [0.15, 0.2) is 24.3 Å². The second-order valence-electron chi connectivity index (χ2n) is 4.75. The molecule has 0 unspecified atom stereocenters. The summed E-state index contributed by atoms with van der Waals surface area (Å²) < 4.78 is 33.1. The van der Waals surface area contributed by atoms with Gasteiger partial charge < -0.3 is 9.84 Å². The number of methoxy groups -OCH3 is 1. The summed E-state index contributed by atoms with van der Waals surface area (Å²) in [6.45, 7) is 3.32. The van der Waals surface area contributed by atoms with Crippen molar-refractivity contribution >= 4 is 5.97 Å². The minimum absolute atomic E-state index is 0.0187. The van der Waals surface area contributed by atoms with E-state index in [0.717, 1.165) is 12.1 Å². The van der Waals surface area contributed by atoms with Gasteiger partial charge in [0.2, 0.25) is 0 Å². The molecule has 0 aliphatic carbocycles. The Hall–Kier alpha value is -2.43. The van der Waals surface area contributed by atoms with Crippen molar-refractivity contribution in [1.29, 1.82) is 0 Å². The molecule has 5 heteroatoms. The van der Waals surface area contributed by atoms with Crippen molar-refractivity contribution in [1.82, 2.24) is 0 Å². The predicted octanol–water partition coefficient (Wildman–Crippen LogP) is 3.96. The first-order valence-corrected chi connectivity index (χ1v) is 6.23. The van der Waals surface area contributed by atoms with E-state index >= 15 is 0 Å². The Labute approximate surface area is 120 Å². The van der Waals surface area contributed by atoms with Crippen molar-refractivity contribution in [2.75, 3.05) is 7.11 Å². The number of aryl methyl sites for hydroxylation is 2. The fourth-order valence-electron chi connectivity index (χ4n) is 2.28. The number of carbonyl (C=O) groups is 1. The van der Waals surface area contributed by atoms with Crippen LogP contribution in [0.2, 0.25) is 0 Å². The van der Waals surface area contributed by atoms with Gasteiger partial charge in [0.1, 0.15) is 17.4 Å². The van der Waals surface area contributed by atoms with E-state index in [0.29, 0.717) is 11.1 Å². The first-order chi connectivity index (χ1) is 9.85. The molecule has 110 valence electrons. The van der Waals surface area contributed by atoms with E-state index in [9.17, 15) is 13.6 Å². The van der Waals surface area contributed by atoms with Gasteiger partial charge in [-0.15, -0.1) is 0 Å². The Kier molecular flexibility index (Phi) is 3.93. The van der Waals surface area contributed by atoms with Gasteiger partial charge in [0.15, 0.2) is 0 Å². The normalized spacial score (nSPS) is 10.5. The first-order valence-electron chi connectivity index (χ1n) is 6.23. The highest BCUT2D eigenvalue weighted by molar-refractivity contribution is 5.91. The van der Waals surface area contributed by atoms with Crippen LogP contribution in [0, 0.1) is 25.5 Å². The lowest BCUT2D eigenvalue weighted by atomic mass is 9.94. The Bertz CT molecular complexity index is 701. The van der Waals surface area contributed by atoms with Crippen molar-refractivity contribution in [3.05, 3.63) is 52.6 Å². The van der Waals surface area contributed by atoms with Crippen molar-refractivity contribution in [3.63, 3.8) is 0 Å². The number of ether oxygens (including phenoxy) is 1. The lowest BCUT2D eigenvalue weighted by Crippen LogP contribution is -2.03. The summed E-state index contributed by atoms with van der Waals surface area (Å²) in [6.07, 6.45) is 0. The van der Waals surface area contributed by atoms with E-state index in [2.05, 4.69) is 0 Å². The van der Waals surface area contributed by atoms with Gasteiger partial charge in [0, 0.05) is 12.1 Å². The van der Waals surface area contributed by atoms with Crippen LogP contribution in [-0.2, 0) is 0 Å². The predicted molar refractivity (Wildman–Crippen MR) is 74.8 cm³/mol. The largest absolute Gasteiger partial charge is 0.497 e. The first kappa shape index (κ1) is 15.0. The molecule has 0 spiro atoms. The molecule has 0 aliphatic heterocycles. The van der Waals surface area contributed by atoms with Gasteiger partial charge >= 0.3 is 5.97 Å². The number of hydrogen-bond acceptors (Lipinski definition) is 2. The smallest absolute Gasteiger partial charge is 0.335 e. The Morgan fingerprint density at radius 1 is 1.05 bits per heavy atom. The molecular weight excluding hydrogens is 278 g/mol. The topological polar surface area (TPSA) is 46.5 Å². The van der Waals surface area contributed by atoms with Gasteiger partial charge in [-0.2, -0.15) is 0 Å². The molecule has 0 amide bonds. The van der Waals surface area contributed by atoms with Crippen LogP contribution in [-0.4, -0.2) is 18.2 Å². The molecule has 0 bridgehead atoms. The third kappa shape index (κ3) is 2.72. The van der Waals surface area contributed by atoms with E-state index in [4.69, 9.17) is 9.84 Å². The molecule has 0 aliphatic rings. The molecule has 0 radical (unpaired) electrons. The maximum Gasteiger partial charge on any atom is 0.335 e. The average Bonchev–Trinajstić information content (AvgIpc) is 2.39. The van der Waals surface area contributed by atoms with Crippen LogP contribution >= 0.6 is 0 Å². The van der Waals surface area contributed by atoms with Crippen molar-refractivity contribution < 1.29 is 23.4 Å². The zero-order valence-corrected chi connectivity index (χ0v) is 11.8. The van der Waals surface area contributed by atoms with Gasteiger partial charge in [0.05, 0.1) is 18.2 Å². The summed E-state index contributed by atoms with van der Waals surface area (Å²) in [5.74, 6) is -2.66. The standard InChI is InChI=1S/C16H14F2O3/c1-8-4-9(2)12(16(19)20)7-11(8)15-13(17)5-10(21-3)6-14(15)18/h4-7H,1-3H3,(H,19,20). The van der Waals surface area contributed by atoms with Gasteiger partial charge in [-0.3, -0.25) is 0 Å². The summed E-state index contributed by atoms with van der Waals surface area (Å²) in [4.78, 5) is 11.2. The number of benzene rings is 2. The maximum absolute atomic E-state index is 14.1. The number of rotatable bonds is 3. The molecule has 0 heterocycles. The van der Waals surface area contributed by atoms with Crippen LogP contribution in [0.3, 0.4) is 0 Å². The summed E-state index contributed by atoms with van der Waals surface area (Å²) in [7, 11) is 1.31. The summed E-state index contributed by atoms with van der Waals surface area (Å²) in [6, 6.07) is 5.03. The lowest BCUT2D eigenvalue weighted by molar-refractivity contribution is 0.0696. The SMILES string of the molecule is COc1cc(F)c(-c2cc(C(=O)O)c(C)cc2C)c(F)c1. The molecule has 2 aromatic carbocycles. The minimum atomic E-state index is -1.14. The van der Waals surface area contributed by atoms with E-state index < -0.39 is 17.6 Å². The molecule has 0 saturated carbocycles. The van der Waals surface area contributed by atoms with Crippen molar-refractivity contribution in [2.24, 2.45) is 0 Å². The highest BCUT2D eigenvalue weighted by Crippen LogP contribution is 2.33. The Balaban J connectivity index is 2.73. The van der Waals surface area contributed by atoms with Gasteiger partial charge in [0.25, 0.3) is 0 Å². The van der Waals surface area contributed by atoms with Gasteiger partial charge in [-0.25, -0.2) is 13.6 Å². The molecule has 0 fully saturated rings. The molecular formula is C16H14F2O3. The fourth-order valence-corrected chi connectivity index (χ4v) is 2.28. The van der Waals surface area contributed by atoms with Crippen LogP contribution in [0.1, 0.15) is 21.5 Å². The zero-order valence-electron chi connectivity index (χ0n) is 11.8. The quantitative estimate of drug-likeness (QED) is 0.931. The van der Waals surface area contributed by atoms with Crippen molar-refractivity contribution in [3.8, 4) is 16.9 Å². The van der Waals surface area contributed by atoms with E-state index in [1.165, 1.54) is 13.2 Å². The third-order valence-corrected chi connectivity index (χ3v) is 3.32. The van der Waals surface area contributed by atoms with Crippen LogP contribution < -0.4 is 4.74 Å². The minimum Gasteiger partial charge on any atom is -0.497 e. The number of carboxylic acid groups (broad SMARTS) is 1. The molecule has 0 atom stereocenters. The van der Waals surface area contributed by atoms with Gasteiger partial charge in [-0.05, 0) is 36.6 Å². The monoisotopic (exact) mass is 292 g/mol. The number of aromatic carboxylic acids is 1. The zero-order chi connectivity index (χ0) is 15.7. The lowest BCUT2D eigenvalue weighted by Gasteiger charge is -2.13.